The Balaban J connectivity index is 1.78. The first-order chi connectivity index (χ1) is 12.7. The van der Waals surface area contributed by atoms with Gasteiger partial charge in [-0.1, -0.05) is 50.9 Å². The van der Waals surface area contributed by atoms with Gasteiger partial charge in [0.1, 0.15) is 5.75 Å². The number of carboxylic acids is 1. The number of carboxylic acid groups (broad SMARTS) is 1. The molecule has 3 nitrogen and oxygen atoms in total. The second kappa shape index (κ2) is 11.0. The van der Waals surface area contributed by atoms with Crippen molar-refractivity contribution >= 4 is 5.97 Å². The highest BCUT2D eigenvalue weighted by Gasteiger charge is 2.00. The van der Waals surface area contributed by atoms with Gasteiger partial charge in [-0.2, -0.15) is 0 Å². The molecule has 3 heteroatoms. The van der Waals surface area contributed by atoms with E-state index in [1.807, 2.05) is 24.3 Å². The third-order valence-corrected chi connectivity index (χ3v) is 4.10. The van der Waals surface area contributed by atoms with Crippen LogP contribution in [0.15, 0.2) is 48.5 Å². The van der Waals surface area contributed by atoms with Gasteiger partial charge >= 0.3 is 5.97 Å². The number of rotatable bonds is 9. The van der Waals surface area contributed by atoms with E-state index < -0.39 is 5.97 Å². The van der Waals surface area contributed by atoms with Gasteiger partial charge in [0.05, 0.1) is 12.2 Å². The summed E-state index contributed by atoms with van der Waals surface area (Å²) in [6, 6.07) is 14.3. The van der Waals surface area contributed by atoms with Crippen LogP contribution in [0.3, 0.4) is 0 Å². The van der Waals surface area contributed by atoms with Crippen molar-refractivity contribution in [1.82, 2.24) is 0 Å². The van der Waals surface area contributed by atoms with Gasteiger partial charge in [-0.3, -0.25) is 0 Å². The van der Waals surface area contributed by atoms with Gasteiger partial charge in [-0.25, -0.2) is 4.79 Å². The Hall–Kier alpha value is -2.73. The minimum absolute atomic E-state index is 0.266. The van der Waals surface area contributed by atoms with E-state index >= 15 is 0 Å². The van der Waals surface area contributed by atoms with E-state index in [4.69, 9.17) is 9.84 Å². The summed E-state index contributed by atoms with van der Waals surface area (Å²) < 4.78 is 5.76. The minimum Gasteiger partial charge on any atom is -0.494 e. The van der Waals surface area contributed by atoms with Crippen LogP contribution in [0.4, 0.5) is 0 Å². The molecule has 0 spiro atoms. The van der Waals surface area contributed by atoms with Crippen molar-refractivity contribution in [2.75, 3.05) is 6.61 Å². The molecule has 0 saturated heterocycles. The summed E-state index contributed by atoms with van der Waals surface area (Å²) in [5.41, 5.74) is 1.96. The number of benzene rings is 2. The maximum absolute atomic E-state index is 10.8. The minimum atomic E-state index is -0.930. The molecule has 0 aromatic heterocycles. The highest BCUT2D eigenvalue weighted by Crippen LogP contribution is 2.13. The molecule has 0 aliphatic carbocycles. The molecule has 0 saturated carbocycles. The van der Waals surface area contributed by atoms with Gasteiger partial charge in [0.25, 0.3) is 0 Å². The van der Waals surface area contributed by atoms with Crippen molar-refractivity contribution in [2.24, 2.45) is 0 Å². The fourth-order valence-electron chi connectivity index (χ4n) is 2.55. The lowest BCUT2D eigenvalue weighted by atomic mass is 10.1. The SMILES string of the molecule is CCCCCCCCOc1ccc(C#Cc2ccc(C(=O)O)cc2)cc1. The standard InChI is InChI=1S/C23H26O3/c1-2-3-4-5-6-7-18-26-22-16-12-20(13-17-22)9-8-19-10-14-21(15-11-19)23(24)25/h10-17H,2-7,18H2,1H3,(H,24,25). The lowest BCUT2D eigenvalue weighted by Gasteiger charge is -2.06. The topological polar surface area (TPSA) is 46.5 Å². The van der Waals surface area contributed by atoms with E-state index in [1.54, 1.807) is 24.3 Å². The van der Waals surface area contributed by atoms with E-state index in [0.29, 0.717) is 0 Å². The van der Waals surface area contributed by atoms with Crippen molar-refractivity contribution in [3.63, 3.8) is 0 Å². The largest absolute Gasteiger partial charge is 0.494 e. The summed E-state index contributed by atoms with van der Waals surface area (Å²) in [6.07, 6.45) is 7.54. The second-order valence-corrected chi connectivity index (χ2v) is 6.27. The predicted octanol–water partition coefficient (Wildman–Crippen LogP) is 5.52. The molecule has 136 valence electrons. The third-order valence-electron chi connectivity index (χ3n) is 4.10. The molecule has 2 rings (SSSR count). The Kier molecular flexibility index (Phi) is 8.29. The average molecular weight is 350 g/mol. The van der Waals surface area contributed by atoms with Gasteiger partial charge in [0.15, 0.2) is 0 Å². The van der Waals surface area contributed by atoms with Gasteiger partial charge in [0, 0.05) is 11.1 Å². The van der Waals surface area contributed by atoms with Crippen LogP contribution in [0, 0.1) is 11.8 Å². The predicted molar refractivity (Wildman–Crippen MR) is 105 cm³/mol. The zero-order valence-corrected chi connectivity index (χ0v) is 15.3. The van der Waals surface area contributed by atoms with Gasteiger partial charge < -0.3 is 9.84 Å². The van der Waals surface area contributed by atoms with Crippen LogP contribution in [0.5, 0.6) is 5.75 Å². The Morgan fingerprint density at radius 2 is 1.38 bits per heavy atom. The van der Waals surface area contributed by atoms with Crippen LogP contribution in [-0.2, 0) is 0 Å². The molecule has 0 aliphatic rings. The highest BCUT2D eigenvalue weighted by atomic mass is 16.5. The molecular weight excluding hydrogens is 324 g/mol. The highest BCUT2D eigenvalue weighted by molar-refractivity contribution is 5.87. The number of carbonyl (C=O) groups is 1. The van der Waals surface area contributed by atoms with Crippen LogP contribution >= 0.6 is 0 Å². The summed E-state index contributed by atoms with van der Waals surface area (Å²) in [6.45, 7) is 2.99. The van der Waals surface area contributed by atoms with Crippen LogP contribution in [-0.4, -0.2) is 17.7 Å². The molecule has 1 N–H and O–H groups in total. The van der Waals surface area contributed by atoms with E-state index in [1.165, 1.54) is 32.1 Å². The molecule has 0 bridgehead atoms. The molecule has 0 unspecified atom stereocenters. The van der Waals surface area contributed by atoms with Gasteiger partial charge in [0.2, 0.25) is 0 Å². The van der Waals surface area contributed by atoms with Crippen molar-refractivity contribution < 1.29 is 14.6 Å². The van der Waals surface area contributed by atoms with E-state index in [0.717, 1.165) is 29.9 Å². The van der Waals surface area contributed by atoms with E-state index in [-0.39, 0.29) is 5.56 Å². The van der Waals surface area contributed by atoms with Crippen LogP contribution in [0.1, 0.15) is 66.9 Å². The second-order valence-electron chi connectivity index (χ2n) is 6.27. The van der Waals surface area contributed by atoms with Crippen LogP contribution < -0.4 is 4.74 Å². The molecule has 0 atom stereocenters. The van der Waals surface area contributed by atoms with Gasteiger partial charge in [-0.15, -0.1) is 0 Å². The number of hydrogen-bond acceptors (Lipinski definition) is 2. The number of ether oxygens (including phenoxy) is 1. The number of hydrogen-bond donors (Lipinski definition) is 1. The zero-order valence-electron chi connectivity index (χ0n) is 15.3. The summed E-state index contributed by atoms with van der Waals surface area (Å²) in [4.78, 5) is 10.8. The Bertz CT molecular complexity index is 734. The Labute approximate surface area is 156 Å². The molecule has 0 radical (unpaired) electrons. The van der Waals surface area contributed by atoms with Crippen LogP contribution in [0.25, 0.3) is 0 Å². The van der Waals surface area contributed by atoms with Gasteiger partial charge in [-0.05, 0) is 55.0 Å². The molecule has 0 amide bonds. The molecular formula is C23H26O3. The fourth-order valence-corrected chi connectivity index (χ4v) is 2.55. The summed E-state index contributed by atoms with van der Waals surface area (Å²) in [5, 5.41) is 8.89. The molecule has 2 aromatic rings. The number of unbranched alkanes of at least 4 members (excludes halogenated alkanes) is 5. The maximum Gasteiger partial charge on any atom is 0.335 e. The zero-order chi connectivity index (χ0) is 18.6. The Morgan fingerprint density at radius 3 is 1.96 bits per heavy atom. The molecule has 26 heavy (non-hydrogen) atoms. The first-order valence-electron chi connectivity index (χ1n) is 9.27. The normalized spacial score (nSPS) is 10.0. The lowest BCUT2D eigenvalue weighted by Crippen LogP contribution is -1.97. The summed E-state index contributed by atoms with van der Waals surface area (Å²) in [7, 11) is 0. The average Bonchev–Trinajstić information content (AvgIpc) is 2.67. The summed E-state index contributed by atoms with van der Waals surface area (Å²) in [5.74, 6) is 6.06. The monoisotopic (exact) mass is 350 g/mol. The van der Waals surface area contributed by atoms with Crippen molar-refractivity contribution in [2.45, 2.75) is 45.4 Å². The first-order valence-corrected chi connectivity index (χ1v) is 9.27. The maximum atomic E-state index is 10.8. The smallest absolute Gasteiger partial charge is 0.335 e. The molecule has 0 fully saturated rings. The first kappa shape index (κ1) is 19.6. The Morgan fingerprint density at radius 1 is 0.846 bits per heavy atom. The van der Waals surface area contributed by atoms with Crippen molar-refractivity contribution in [3.8, 4) is 17.6 Å². The quantitative estimate of drug-likeness (QED) is 0.478. The van der Waals surface area contributed by atoms with Crippen molar-refractivity contribution in [1.29, 1.82) is 0 Å². The molecule has 0 aliphatic heterocycles. The van der Waals surface area contributed by atoms with Crippen LogP contribution in [0.2, 0.25) is 0 Å². The summed E-state index contributed by atoms with van der Waals surface area (Å²) >= 11 is 0. The van der Waals surface area contributed by atoms with Crippen molar-refractivity contribution in [3.05, 3.63) is 65.2 Å². The van der Waals surface area contributed by atoms with E-state index in [9.17, 15) is 4.79 Å². The fraction of sp³-hybridized carbons (Fsp3) is 0.348. The molecule has 2 aromatic carbocycles. The van der Waals surface area contributed by atoms with E-state index in [2.05, 4.69) is 18.8 Å². The lowest BCUT2D eigenvalue weighted by molar-refractivity contribution is 0.0697. The third kappa shape index (κ3) is 7.03. The molecule has 0 heterocycles. The number of aromatic carboxylic acids is 1.